The summed E-state index contributed by atoms with van der Waals surface area (Å²) in [6.07, 6.45) is 0. The highest BCUT2D eigenvalue weighted by Gasteiger charge is 2.38. The fraction of sp³-hybridized carbons (Fsp3) is 0.462. The van der Waals surface area contributed by atoms with Gasteiger partial charge >= 0.3 is 5.97 Å². The minimum atomic E-state index is -0.903. The molecular formula is C13H15NO4. The fourth-order valence-electron chi connectivity index (χ4n) is 1.92. The lowest BCUT2D eigenvalue weighted by Crippen LogP contribution is -2.31. The quantitative estimate of drug-likeness (QED) is 0.550. The number of hydrogen-bond acceptors (Lipinski definition) is 4. The van der Waals surface area contributed by atoms with Crippen molar-refractivity contribution in [2.24, 2.45) is 5.92 Å². The molecule has 0 saturated heterocycles. The van der Waals surface area contributed by atoms with Crippen LogP contribution in [0.2, 0.25) is 0 Å². The first-order valence-electron chi connectivity index (χ1n) is 5.76. The molecule has 1 aromatic heterocycles. The van der Waals surface area contributed by atoms with E-state index in [0.717, 1.165) is 0 Å². The van der Waals surface area contributed by atoms with Crippen LogP contribution in [-0.4, -0.2) is 21.9 Å². The first-order chi connectivity index (χ1) is 8.29. The Morgan fingerprint density at radius 1 is 1.33 bits per heavy atom. The van der Waals surface area contributed by atoms with Crippen LogP contribution in [-0.2, 0) is 16.1 Å². The van der Waals surface area contributed by atoms with Gasteiger partial charge in [-0.15, -0.1) is 0 Å². The average Bonchev–Trinajstić information content (AvgIpc) is 2.56. The van der Waals surface area contributed by atoms with E-state index < -0.39 is 17.5 Å². The molecule has 1 unspecified atom stereocenters. The Balaban J connectivity index is 2.27. The first kappa shape index (κ1) is 12.5. The summed E-state index contributed by atoms with van der Waals surface area (Å²) in [6.45, 7) is 5.29. The summed E-state index contributed by atoms with van der Waals surface area (Å²) >= 11 is 0. The Hall–Kier alpha value is -1.91. The molecule has 5 nitrogen and oxygen atoms in total. The lowest BCUT2D eigenvalue weighted by molar-refractivity contribution is -0.158. The summed E-state index contributed by atoms with van der Waals surface area (Å²) in [7, 11) is 0. The van der Waals surface area contributed by atoms with Crippen molar-refractivity contribution in [1.82, 2.24) is 4.57 Å². The van der Waals surface area contributed by atoms with Gasteiger partial charge in [0.2, 0.25) is 0 Å². The average molecular weight is 249 g/mol. The summed E-state index contributed by atoms with van der Waals surface area (Å²) in [6, 6.07) is 4.44. The number of esters is 1. The largest absolute Gasteiger partial charge is 0.459 e. The number of nitrogens with zero attached hydrogens (tertiary/aromatic N) is 1. The smallest absolute Gasteiger partial charge is 0.319 e. The summed E-state index contributed by atoms with van der Waals surface area (Å²) in [5.41, 5.74) is -0.637. The number of Topliss-reactive ketones (excluding diaryl/α,β-unsaturated/α-hetero) is 1. The van der Waals surface area contributed by atoms with Crippen molar-refractivity contribution < 1.29 is 14.3 Å². The van der Waals surface area contributed by atoms with Gasteiger partial charge in [-0.25, -0.2) is 0 Å². The molecule has 2 rings (SSSR count). The summed E-state index contributed by atoms with van der Waals surface area (Å²) in [4.78, 5) is 35.5. The van der Waals surface area contributed by atoms with Crippen LogP contribution in [0, 0.1) is 5.92 Å². The number of carbonyl (C=O) groups is 2. The van der Waals surface area contributed by atoms with Gasteiger partial charge in [-0.3, -0.25) is 14.4 Å². The van der Waals surface area contributed by atoms with Crippen molar-refractivity contribution in [3.63, 3.8) is 0 Å². The number of aromatic nitrogens is 1. The molecule has 0 bridgehead atoms. The van der Waals surface area contributed by atoms with Crippen molar-refractivity contribution in [2.45, 2.75) is 32.9 Å². The second-order valence-corrected chi connectivity index (χ2v) is 5.31. The van der Waals surface area contributed by atoms with Crippen LogP contribution in [0.1, 0.15) is 31.3 Å². The number of hydrogen-bond donors (Lipinski definition) is 0. The van der Waals surface area contributed by atoms with Crippen LogP contribution in [0.15, 0.2) is 23.0 Å². The Kier molecular flexibility index (Phi) is 2.84. The molecule has 0 radical (unpaired) electrons. The van der Waals surface area contributed by atoms with E-state index in [4.69, 9.17) is 4.74 Å². The van der Waals surface area contributed by atoms with E-state index in [1.54, 1.807) is 26.8 Å². The second kappa shape index (κ2) is 4.08. The molecule has 0 saturated carbocycles. The third-order valence-corrected chi connectivity index (χ3v) is 2.68. The van der Waals surface area contributed by atoms with Crippen LogP contribution < -0.4 is 5.56 Å². The van der Waals surface area contributed by atoms with Gasteiger partial charge in [-0.05, 0) is 26.8 Å². The van der Waals surface area contributed by atoms with Gasteiger partial charge in [0.25, 0.3) is 5.56 Å². The van der Waals surface area contributed by atoms with E-state index in [2.05, 4.69) is 0 Å². The molecule has 0 spiro atoms. The first-order valence-corrected chi connectivity index (χ1v) is 5.76. The highest BCUT2D eigenvalue weighted by molar-refractivity contribution is 6.09. The highest BCUT2D eigenvalue weighted by atomic mass is 16.6. The van der Waals surface area contributed by atoms with Crippen LogP contribution in [0.4, 0.5) is 0 Å². The van der Waals surface area contributed by atoms with Gasteiger partial charge in [0.1, 0.15) is 11.5 Å². The Bertz CT molecular complexity index is 565. The van der Waals surface area contributed by atoms with E-state index in [1.807, 2.05) is 0 Å². The molecule has 0 amide bonds. The second-order valence-electron chi connectivity index (χ2n) is 5.31. The number of ether oxygens (including phenoxy) is 1. The maximum atomic E-state index is 12.0. The number of fused-ring (bicyclic) bond motifs is 1. The van der Waals surface area contributed by atoms with Crippen LogP contribution >= 0.6 is 0 Å². The number of carbonyl (C=O) groups excluding carboxylic acids is 2. The molecule has 2 heterocycles. The minimum Gasteiger partial charge on any atom is -0.459 e. The molecule has 18 heavy (non-hydrogen) atoms. The van der Waals surface area contributed by atoms with Crippen LogP contribution in [0.25, 0.3) is 0 Å². The monoisotopic (exact) mass is 249 g/mol. The van der Waals surface area contributed by atoms with Gasteiger partial charge in [-0.2, -0.15) is 0 Å². The summed E-state index contributed by atoms with van der Waals surface area (Å²) in [5, 5.41) is 0. The van der Waals surface area contributed by atoms with Gasteiger partial charge in [0.05, 0.1) is 5.69 Å². The molecule has 0 aromatic carbocycles. The third kappa shape index (κ3) is 2.20. The Labute approximate surface area is 104 Å². The van der Waals surface area contributed by atoms with E-state index >= 15 is 0 Å². The standard InChI is InChI=1S/C13H15NO4/c1-13(2,3)18-12(17)8-7-14-9(11(8)16)5-4-6-10(14)15/h4-6,8H,7H2,1-3H3. The third-order valence-electron chi connectivity index (χ3n) is 2.68. The van der Waals surface area contributed by atoms with Gasteiger partial charge in [-0.1, -0.05) is 6.07 Å². The Morgan fingerprint density at radius 2 is 2.00 bits per heavy atom. The molecule has 1 atom stereocenters. The van der Waals surface area contributed by atoms with Crippen LogP contribution in [0.5, 0.6) is 0 Å². The van der Waals surface area contributed by atoms with E-state index in [9.17, 15) is 14.4 Å². The van der Waals surface area contributed by atoms with E-state index in [0.29, 0.717) is 0 Å². The summed E-state index contributed by atoms with van der Waals surface area (Å²) in [5.74, 6) is -1.82. The maximum absolute atomic E-state index is 12.0. The topological polar surface area (TPSA) is 65.4 Å². The lowest BCUT2D eigenvalue weighted by atomic mass is 10.1. The predicted octanol–water partition coefficient (Wildman–Crippen LogP) is 1.00. The van der Waals surface area contributed by atoms with Crippen molar-refractivity contribution in [3.8, 4) is 0 Å². The molecule has 0 aliphatic carbocycles. The fourth-order valence-corrected chi connectivity index (χ4v) is 1.92. The minimum absolute atomic E-state index is 0.0722. The molecule has 1 aliphatic rings. The van der Waals surface area contributed by atoms with Gasteiger partial charge in [0.15, 0.2) is 5.78 Å². The van der Waals surface area contributed by atoms with Crippen molar-refractivity contribution in [2.75, 3.05) is 0 Å². The van der Waals surface area contributed by atoms with Crippen LogP contribution in [0.3, 0.4) is 0 Å². The predicted molar refractivity (Wildman–Crippen MR) is 64.4 cm³/mol. The molecule has 5 heteroatoms. The van der Waals surface area contributed by atoms with E-state index in [1.165, 1.54) is 16.7 Å². The van der Waals surface area contributed by atoms with Crippen molar-refractivity contribution in [1.29, 1.82) is 0 Å². The lowest BCUT2D eigenvalue weighted by Gasteiger charge is -2.21. The highest BCUT2D eigenvalue weighted by Crippen LogP contribution is 2.21. The van der Waals surface area contributed by atoms with Crippen molar-refractivity contribution in [3.05, 3.63) is 34.2 Å². The molecule has 0 N–H and O–H groups in total. The SMILES string of the molecule is CC(C)(C)OC(=O)C1Cn2c(cccc2=O)C1=O. The zero-order valence-corrected chi connectivity index (χ0v) is 10.6. The Morgan fingerprint density at radius 3 is 2.56 bits per heavy atom. The van der Waals surface area contributed by atoms with E-state index in [-0.39, 0.29) is 23.6 Å². The molecule has 1 aliphatic heterocycles. The molecule has 96 valence electrons. The van der Waals surface area contributed by atoms with Gasteiger partial charge in [0, 0.05) is 12.6 Å². The number of pyridine rings is 1. The number of rotatable bonds is 1. The zero-order valence-electron chi connectivity index (χ0n) is 10.6. The molecular weight excluding hydrogens is 234 g/mol. The van der Waals surface area contributed by atoms with Gasteiger partial charge < -0.3 is 9.30 Å². The molecule has 1 aromatic rings. The maximum Gasteiger partial charge on any atom is 0.319 e. The summed E-state index contributed by atoms with van der Waals surface area (Å²) < 4.78 is 6.50. The zero-order chi connectivity index (χ0) is 13.5. The number of ketones is 1. The van der Waals surface area contributed by atoms with Crippen molar-refractivity contribution >= 4 is 11.8 Å². The normalized spacial score (nSPS) is 18.6. The molecule has 0 fully saturated rings.